The van der Waals surface area contributed by atoms with Crippen LogP contribution in [0.5, 0.6) is 11.5 Å². The molecule has 1 unspecified atom stereocenters. The van der Waals surface area contributed by atoms with Crippen molar-refractivity contribution in [3.8, 4) is 11.5 Å². The largest absolute Gasteiger partial charge is 0.504 e. The van der Waals surface area contributed by atoms with E-state index >= 15 is 0 Å². The second kappa shape index (κ2) is 10.1. The van der Waals surface area contributed by atoms with Crippen molar-refractivity contribution >= 4 is 5.97 Å². The zero-order valence-electron chi connectivity index (χ0n) is 13.9. The third-order valence-corrected chi connectivity index (χ3v) is 3.89. The van der Waals surface area contributed by atoms with E-state index in [2.05, 4.69) is 13.8 Å². The van der Waals surface area contributed by atoms with E-state index in [1.54, 1.807) is 18.2 Å². The highest BCUT2D eigenvalue weighted by Gasteiger charge is 2.11. The van der Waals surface area contributed by atoms with Crippen molar-refractivity contribution in [2.75, 3.05) is 13.7 Å². The van der Waals surface area contributed by atoms with Crippen LogP contribution in [0, 0.1) is 5.92 Å². The smallest absolute Gasteiger partial charge is 0.306 e. The Balaban J connectivity index is 2.36. The van der Waals surface area contributed by atoms with Crippen molar-refractivity contribution in [3.63, 3.8) is 0 Å². The highest BCUT2D eigenvalue weighted by atomic mass is 16.5. The van der Waals surface area contributed by atoms with Gasteiger partial charge in [0.2, 0.25) is 0 Å². The van der Waals surface area contributed by atoms with Gasteiger partial charge in [-0.3, -0.25) is 4.79 Å². The summed E-state index contributed by atoms with van der Waals surface area (Å²) in [5.41, 5.74) is 0.949. The van der Waals surface area contributed by atoms with Crippen molar-refractivity contribution in [1.29, 1.82) is 0 Å². The summed E-state index contributed by atoms with van der Waals surface area (Å²) in [5.74, 6) is 0.840. The van der Waals surface area contributed by atoms with Gasteiger partial charge in [-0.2, -0.15) is 0 Å². The van der Waals surface area contributed by atoms with Crippen molar-refractivity contribution in [1.82, 2.24) is 0 Å². The number of benzene rings is 1. The molecule has 22 heavy (non-hydrogen) atoms. The number of unbranched alkanes of at least 4 members (excludes halogenated alkanes) is 1. The van der Waals surface area contributed by atoms with E-state index in [1.807, 2.05) is 0 Å². The summed E-state index contributed by atoms with van der Waals surface area (Å²) in [4.78, 5) is 11.8. The van der Waals surface area contributed by atoms with E-state index in [0.29, 0.717) is 31.1 Å². The maximum atomic E-state index is 11.8. The fraction of sp³-hybridized carbons (Fsp3) is 0.611. The van der Waals surface area contributed by atoms with Crippen LogP contribution in [0.4, 0.5) is 0 Å². The van der Waals surface area contributed by atoms with Crippen LogP contribution in [0.2, 0.25) is 0 Å². The molecule has 1 aromatic carbocycles. The molecule has 4 nitrogen and oxygen atoms in total. The van der Waals surface area contributed by atoms with E-state index in [1.165, 1.54) is 20.0 Å². The molecule has 0 radical (unpaired) electrons. The van der Waals surface area contributed by atoms with E-state index in [0.717, 1.165) is 18.4 Å². The van der Waals surface area contributed by atoms with Crippen molar-refractivity contribution < 1.29 is 19.4 Å². The minimum atomic E-state index is -0.165. The number of ether oxygens (including phenoxy) is 2. The molecular formula is C18H28O4. The number of carbonyl (C=O) groups is 1. The second-order valence-electron chi connectivity index (χ2n) is 5.61. The molecule has 124 valence electrons. The number of esters is 1. The number of phenolic OH excluding ortho intramolecular Hbond substituents is 1. The first kappa shape index (κ1) is 18.3. The van der Waals surface area contributed by atoms with Gasteiger partial charge in [-0.25, -0.2) is 0 Å². The summed E-state index contributed by atoms with van der Waals surface area (Å²) in [6, 6.07) is 5.12. The van der Waals surface area contributed by atoms with Crippen LogP contribution >= 0.6 is 0 Å². The molecule has 1 aromatic rings. The third-order valence-electron chi connectivity index (χ3n) is 3.89. The maximum Gasteiger partial charge on any atom is 0.306 e. The van der Waals surface area contributed by atoms with E-state index in [4.69, 9.17) is 9.47 Å². The standard InChI is InChI=1S/C18H28O4/c1-4-6-7-14(5-2)13-22-18(20)11-9-15-8-10-16(19)17(12-15)21-3/h8,10,12,14,19H,4-7,9,11,13H2,1-3H3. The topological polar surface area (TPSA) is 55.8 Å². The fourth-order valence-corrected chi connectivity index (χ4v) is 2.31. The van der Waals surface area contributed by atoms with E-state index in [-0.39, 0.29) is 11.7 Å². The van der Waals surface area contributed by atoms with Gasteiger partial charge in [0, 0.05) is 6.42 Å². The van der Waals surface area contributed by atoms with Crippen LogP contribution in [0.1, 0.15) is 51.5 Å². The summed E-state index contributed by atoms with van der Waals surface area (Å²) in [7, 11) is 1.51. The molecule has 0 spiro atoms. The number of aromatic hydroxyl groups is 1. The van der Waals surface area contributed by atoms with E-state index in [9.17, 15) is 9.90 Å². The van der Waals surface area contributed by atoms with Gasteiger partial charge >= 0.3 is 5.97 Å². The Kier molecular flexibility index (Phi) is 8.41. The molecule has 0 amide bonds. The Bertz CT molecular complexity index is 456. The SMILES string of the molecule is CCCCC(CC)COC(=O)CCc1ccc(O)c(OC)c1. The number of hydrogen-bond acceptors (Lipinski definition) is 4. The zero-order chi connectivity index (χ0) is 16.4. The molecule has 4 heteroatoms. The first-order valence-corrected chi connectivity index (χ1v) is 8.12. The molecule has 0 saturated heterocycles. The number of rotatable bonds is 10. The molecule has 0 aliphatic rings. The number of phenols is 1. The van der Waals surface area contributed by atoms with Crippen molar-refractivity contribution in [3.05, 3.63) is 23.8 Å². The van der Waals surface area contributed by atoms with Gasteiger partial charge in [0.25, 0.3) is 0 Å². The predicted molar refractivity (Wildman–Crippen MR) is 87.2 cm³/mol. The summed E-state index contributed by atoms with van der Waals surface area (Å²) >= 11 is 0. The monoisotopic (exact) mass is 308 g/mol. The van der Waals surface area contributed by atoms with Crippen LogP contribution in [0.3, 0.4) is 0 Å². The highest BCUT2D eigenvalue weighted by Crippen LogP contribution is 2.26. The Morgan fingerprint density at radius 1 is 1.32 bits per heavy atom. The minimum Gasteiger partial charge on any atom is -0.504 e. The molecule has 0 heterocycles. The number of carbonyl (C=O) groups excluding carboxylic acids is 1. The average molecular weight is 308 g/mol. The Labute approximate surface area is 133 Å². The molecule has 1 atom stereocenters. The van der Waals surface area contributed by atoms with Crippen LogP contribution in [0.15, 0.2) is 18.2 Å². The fourth-order valence-electron chi connectivity index (χ4n) is 2.31. The van der Waals surface area contributed by atoms with Gasteiger partial charge in [0.05, 0.1) is 13.7 Å². The quantitative estimate of drug-likeness (QED) is 0.661. The summed E-state index contributed by atoms with van der Waals surface area (Å²) in [5, 5.41) is 9.54. The third kappa shape index (κ3) is 6.37. The summed E-state index contributed by atoms with van der Waals surface area (Å²) in [6.07, 6.45) is 5.45. The Hall–Kier alpha value is -1.71. The minimum absolute atomic E-state index is 0.107. The molecular weight excluding hydrogens is 280 g/mol. The molecule has 0 bridgehead atoms. The lowest BCUT2D eigenvalue weighted by molar-refractivity contribution is -0.145. The molecule has 0 saturated carbocycles. The normalized spacial score (nSPS) is 12.0. The van der Waals surface area contributed by atoms with Crippen LogP contribution < -0.4 is 4.74 Å². The number of aryl methyl sites for hydroxylation is 1. The zero-order valence-corrected chi connectivity index (χ0v) is 13.9. The molecule has 0 aromatic heterocycles. The van der Waals surface area contributed by atoms with Gasteiger partial charge in [0.15, 0.2) is 11.5 Å². The second-order valence-corrected chi connectivity index (χ2v) is 5.61. The molecule has 0 aliphatic heterocycles. The van der Waals surface area contributed by atoms with Gasteiger partial charge < -0.3 is 14.6 Å². The average Bonchev–Trinajstić information content (AvgIpc) is 2.54. The highest BCUT2D eigenvalue weighted by molar-refractivity contribution is 5.69. The number of methoxy groups -OCH3 is 1. The van der Waals surface area contributed by atoms with Gasteiger partial charge in [-0.05, 0) is 36.5 Å². The number of hydrogen-bond donors (Lipinski definition) is 1. The van der Waals surface area contributed by atoms with Crippen LogP contribution in [0.25, 0.3) is 0 Å². The lowest BCUT2D eigenvalue weighted by Crippen LogP contribution is -2.14. The van der Waals surface area contributed by atoms with Crippen molar-refractivity contribution in [2.45, 2.75) is 52.4 Å². The lowest BCUT2D eigenvalue weighted by Gasteiger charge is -2.14. The molecule has 1 rings (SSSR count). The van der Waals surface area contributed by atoms with Crippen LogP contribution in [-0.4, -0.2) is 24.8 Å². The first-order valence-electron chi connectivity index (χ1n) is 8.12. The Morgan fingerprint density at radius 3 is 2.73 bits per heavy atom. The van der Waals surface area contributed by atoms with E-state index < -0.39 is 0 Å². The lowest BCUT2D eigenvalue weighted by atomic mass is 10.0. The van der Waals surface area contributed by atoms with Gasteiger partial charge in [-0.1, -0.05) is 39.2 Å². The van der Waals surface area contributed by atoms with Gasteiger partial charge in [0.1, 0.15) is 0 Å². The summed E-state index contributed by atoms with van der Waals surface area (Å²) in [6.45, 7) is 4.83. The Morgan fingerprint density at radius 2 is 2.09 bits per heavy atom. The van der Waals surface area contributed by atoms with Gasteiger partial charge in [-0.15, -0.1) is 0 Å². The maximum absolute atomic E-state index is 11.8. The van der Waals surface area contributed by atoms with Crippen LogP contribution in [-0.2, 0) is 16.0 Å². The molecule has 0 fully saturated rings. The van der Waals surface area contributed by atoms with Crippen molar-refractivity contribution in [2.24, 2.45) is 5.92 Å². The first-order chi connectivity index (χ1) is 10.6. The predicted octanol–water partition coefficient (Wildman–Crippen LogP) is 4.09. The molecule has 0 aliphatic carbocycles. The summed E-state index contributed by atoms with van der Waals surface area (Å²) < 4.78 is 10.4. The molecule has 1 N–H and O–H groups in total.